The van der Waals surface area contributed by atoms with Crippen molar-refractivity contribution in [2.75, 3.05) is 26.2 Å². The fourth-order valence-corrected chi connectivity index (χ4v) is 6.45. The summed E-state index contributed by atoms with van der Waals surface area (Å²) in [6.45, 7) is 7.03. The maximum absolute atomic E-state index is 14.3. The first-order valence-electron chi connectivity index (χ1n) is 14.6. The molecule has 0 radical (unpaired) electrons. The number of likely N-dealkylation sites (tertiary alicyclic amines) is 1. The van der Waals surface area contributed by atoms with E-state index in [-0.39, 0.29) is 23.6 Å². The maximum Gasteiger partial charge on any atom is 0.326 e. The zero-order chi connectivity index (χ0) is 29.4. The highest BCUT2D eigenvalue weighted by molar-refractivity contribution is 6.11. The molecule has 0 saturated carbocycles. The third-order valence-corrected chi connectivity index (χ3v) is 8.56. The molecule has 0 spiro atoms. The number of aromatic amines is 1. The highest BCUT2D eigenvalue weighted by Crippen LogP contribution is 2.41. The Labute approximate surface area is 243 Å². The van der Waals surface area contributed by atoms with E-state index < -0.39 is 17.2 Å². The smallest absolute Gasteiger partial charge is 0.306 e. The summed E-state index contributed by atoms with van der Waals surface area (Å²) in [6.07, 6.45) is 2.50. The highest BCUT2D eigenvalue weighted by Gasteiger charge is 2.51. The number of para-hydroxylation sites is 2. The van der Waals surface area contributed by atoms with Crippen LogP contribution in [0.25, 0.3) is 11.0 Å². The Kier molecular flexibility index (Phi) is 7.53. The van der Waals surface area contributed by atoms with Gasteiger partial charge in [-0.1, -0.05) is 50.2 Å². The molecular formula is C33H35F2N5O2. The van der Waals surface area contributed by atoms with Gasteiger partial charge in [0.1, 0.15) is 17.5 Å². The van der Waals surface area contributed by atoms with Crippen molar-refractivity contribution in [3.8, 4) is 0 Å². The number of fused-ring (bicyclic) bond motifs is 1. The number of carbonyl (C=O) groups is 1. The molecule has 1 N–H and O–H groups in total. The zero-order valence-electron chi connectivity index (χ0n) is 23.9. The van der Waals surface area contributed by atoms with E-state index in [0.717, 1.165) is 49.9 Å². The standard InChI is InChI=1S/C33H35F2N5O2/c1-22(2)30-37-33(23-8-12-25(34)13-9-23,24-10-14-26(35)15-11-24)31(41)39(30)19-5-18-38-20-16-27(17-21-38)40-29-7-4-3-6-28(29)36-32(40)42/h3-4,6-15,22,27H,5,16-21H2,1-2H3,(H,36,42). The van der Waals surface area contributed by atoms with E-state index in [0.29, 0.717) is 23.5 Å². The number of carbonyl (C=O) groups excluding carboxylic acids is 1. The molecule has 3 aromatic carbocycles. The lowest BCUT2D eigenvalue weighted by molar-refractivity contribution is -0.130. The third-order valence-electron chi connectivity index (χ3n) is 8.56. The number of halogens is 2. The van der Waals surface area contributed by atoms with Gasteiger partial charge in [0.25, 0.3) is 5.91 Å². The van der Waals surface area contributed by atoms with Gasteiger partial charge in [-0.25, -0.2) is 18.6 Å². The van der Waals surface area contributed by atoms with Crippen molar-refractivity contribution in [3.63, 3.8) is 0 Å². The summed E-state index contributed by atoms with van der Waals surface area (Å²) >= 11 is 0. The summed E-state index contributed by atoms with van der Waals surface area (Å²) in [5.74, 6) is -0.363. The minimum Gasteiger partial charge on any atom is -0.306 e. The van der Waals surface area contributed by atoms with Crippen LogP contribution in [0, 0.1) is 17.6 Å². The quantitative estimate of drug-likeness (QED) is 0.305. The van der Waals surface area contributed by atoms with Crippen LogP contribution in [-0.4, -0.2) is 57.3 Å². The molecule has 0 unspecified atom stereocenters. The molecular weight excluding hydrogens is 536 g/mol. The number of benzene rings is 3. The summed E-state index contributed by atoms with van der Waals surface area (Å²) in [5.41, 5.74) is 1.45. The van der Waals surface area contributed by atoms with Gasteiger partial charge in [-0.05, 0) is 73.3 Å². The molecule has 1 amide bonds. The largest absolute Gasteiger partial charge is 0.326 e. The molecule has 0 bridgehead atoms. The van der Waals surface area contributed by atoms with Gasteiger partial charge < -0.3 is 9.88 Å². The second kappa shape index (κ2) is 11.3. The first-order chi connectivity index (χ1) is 20.3. The van der Waals surface area contributed by atoms with E-state index >= 15 is 0 Å². The highest BCUT2D eigenvalue weighted by atomic mass is 19.1. The number of hydrogen-bond donors (Lipinski definition) is 1. The van der Waals surface area contributed by atoms with Crippen LogP contribution in [0.4, 0.5) is 8.78 Å². The zero-order valence-corrected chi connectivity index (χ0v) is 23.9. The number of amides is 1. The van der Waals surface area contributed by atoms with Crippen LogP contribution in [0.5, 0.6) is 0 Å². The van der Waals surface area contributed by atoms with Crippen LogP contribution in [0.15, 0.2) is 82.6 Å². The third kappa shape index (κ3) is 4.96. The van der Waals surface area contributed by atoms with E-state index in [1.807, 2.05) is 42.7 Å². The topological polar surface area (TPSA) is 73.7 Å². The number of piperidine rings is 1. The Morgan fingerprint density at radius 2 is 1.48 bits per heavy atom. The number of rotatable bonds is 8. The Morgan fingerprint density at radius 1 is 0.881 bits per heavy atom. The Morgan fingerprint density at radius 3 is 2.07 bits per heavy atom. The Hall–Kier alpha value is -4.11. The average molecular weight is 572 g/mol. The molecule has 42 heavy (non-hydrogen) atoms. The van der Waals surface area contributed by atoms with Gasteiger partial charge >= 0.3 is 5.69 Å². The fraction of sp³-hybridized carbons (Fsp3) is 0.364. The van der Waals surface area contributed by atoms with Crippen LogP contribution in [-0.2, 0) is 10.3 Å². The van der Waals surface area contributed by atoms with Gasteiger partial charge in [0.15, 0.2) is 5.54 Å². The second-order valence-corrected chi connectivity index (χ2v) is 11.5. The van der Waals surface area contributed by atoms with Crippen LogP contribution in [0.1, 0.15) is 50.3 Å². The molecule has 7 nitrogen and oxygen atoms in total. The molecule has 4 aromatic rings. The van der Waals surface area contributed by atoms with Crippen molar-refractivity contribution in [1.82, 2.24) is 19.4 Å². The molecule has 6 rings (SSSR count). The summed E-state index contributed by atoms with van der Waals surface area (Å²) in [7, 11) is 0. The van der Waals surface area contributed by atoms with Gasteiger partial charge in [0, 0.05) is 31.6 Å². The summed E-state index contributed by atoms with van der Waals surface area (Å²) in [5, 5.41) is 0. The summed E-state index contributed by atoms with van der Waals surface area (Å²) in [6, 6.07) is 19.6. The molecule has 2 aliphatic rings. The Bertz CT molecular complexity index is 1620. The predicted molar refractivity (Wildman–Crippen MR) is 159 cm³/mol. The predicted octanol–water partition coefficient (Wildman–Crippen LogP) is 5.48. The average Bonchev–Trinajstić information content (AvgIpc) is 3.48. The van der Waals surface area contributed by atoms with Crippen LogP contribution < -0.4 is 5.69 Å². The molecule has 1 fully saturated rings. The molecule has 0 aliphatic carbocycles. The van der Waals surface area contributed by atoms with Crippen molar-refractivity contribution >= 4 is 22.8 Å². The van der Waals surface area contributed by atoms with E-state index in [9.17, 15) is 18.4 Å². The second-order valence-electron chi connectivity index (χ2n) is 11.5. The number of nitrogens with one attached hydrogen (secondary N) is 1. The first kappa shape index (κ1) is 28.0. The lowest BCUT2D eigenvalue weighted by atomic mass is 9.82. The van der Waals surface area contributed by atoms with Gasteiger partial charge in [-0.2, -0.15) is 0 Å². The number of aliphatic imine (C=N–C) groups is 1. The summed E-state index contributed by atoms with van der Waals surface area (Å²) in [4.78, 5) is 39.1. The number of hydrogen-bond acceptors (Lipinski definition) is 4. The molecule has 218 valence electrons. The SMILES string of the molecule is CC(C)C1=NC(c2ccc(F)cc2)(c2ccc(F)cc2)C(=O)N1CCCN1CCC(n2c(=O)[nH]c3ccccc32)CC1. The van der Waals surface area contributed by atoms with Crippen molar-refractivity contribution < 1.29 is 13.6 Å². The van der Waals surface area contributed by atoms with Gasteiger partial charge in [0.05, 0.1) is 11.0 Å². The lowest BCUT2D eigenvalue weighted by Gasteiger charge is -2.33. The number of aromatic nitrogens is 2. The minimum absolute atomic E-state index is 0.0260. The first-order valence-corrected chi connectivity index (χ1v) is 14.6. The van der Waals surface area contributed by atoms with E-state index in [1.54, 1.807) is 29.2 Å². The molecule has 2 aliphatic heterocycles. The van der Waals surface area contributed by atoms with Crippen LogP contribution in [0.2, 0.25) is 0 Å². The van der Waals surface area contributed by atoms with Crippen molar-refractivity contribution in [3.05, 3.63) is 106 Å². The van der Waals surface area contributed by atoms with Gasteiger partial charge in [-0.15, -0.1) is 0 Å². The maximum atomic E-state index is 14.3. The van der Waals surface area contributed by atoms with E-state index in [1.165, 1.54) is 24.3 Å². The molecule has 3 heterocycles. The number of imidazole rings is 1. The van der Waals surface area contributed by atoms with Gasteiger partial charge in [-0.3, -0.25) is 14.3 Å². The monoisotopic (exact) mass is 571 g/mol. The summed E-state index contributed by atoms with van der Waals surface area (Å²) < 4.78 is 29.6. The number of H-pyrrole nitrogens is 1. The van der Waals surface area contributed by atoms with E-state index in [4.69, 9.17) is 4.99 Å². The Balaban J connectivity index is 1.17. The molecule has 1 aromatic heterocycles. The number of amidine groups is 1. The fourth-order valence-electron chi connectivity index (χ4n) is 6.45. The van der Waals surface area contributed by atoms with E-state index in [2.05, 4.69) is 9.88 Å². The van der Waals surface area contributed by atoms with Crippen molar-refractivity contribution in [2.45, 2.75) is 44.7 Å². The number of nitrogens with zero attached hydrogens (tertiary/aromatic N) is 4. The lowest BCUT2D eigenvalue weighted by Crippen LogP contribution is -2.44. The normalized spacial score (nSPS) is 17.9. The minimum atomic E-state index is -1.40. The van der Waals surface area contributed by atoms with Crippen molar-refractivity contribution in [1.29, 1.82) is 0 Å². The molecule has 9 heteroatoms. The molecule has 0 atom stereocenters. The van der Waals surface area contributed by atoms with Crippen LogP contribution in [0.3, 0.4) is 0 Å². The van der Waals surface area contributed by atoms with Gasteiger partial charge in [0.2, 0.25) is 0 Å². The molecule has 1 saturated heterocycles. The van der Waals surface area contributed by atoms with Crippen molar-refractivity contribution in [2.24, 2.45) is 10.9 Å². The van der Waals surface area contributed by atoms with Crippen LogP contribution >= 0.6 is 0 Å².